The third kappa shape index (κ3) is 0.907. The Morgan fingerprint density at radius 1 is 1.15 bits per heavy atom. The Balaban J connectivity index is 2.67. The van der Waals surface area contributed by atoms with Crippen molar-refractivity contribution in [3.63, 3.8) is 0 Å². The lowest BCUT2D eigenvalue weighted by molar-refractivity contribution is -0.0327. The molecule has 1 heterocycles. The highest BCUT2D eigenvalue weighted by atomic mass is 16.5. The predicted molar refractivity (Wildman–Crippen MR) is 43.1 cm³/mol. The number of imide groups is 1. The minimum absolute atomic E-state index is 0.0874. The molecule has 1 aliphatic heterocycles. The molecule has 5 heteroatoms. The summed E-state index contributed by atoms with van der Waals surface area (Å²) >= 11 is 0. The first-order valence-electron chi connectivity index (χ1n) is 3.58. The van der Waals surface area contributed by atoms with Gasteiger partial charge >= 0.3 is 0 Å². The first kappa shape index (κ1) is 7.75. The molecule has 0 bridgehead atoms. The van der Waals surface area contributed by atoms with Crippen molar-refractivity contribution in [2.24, 2.45) is 0 Å². The molecule has 2 amide bonds. The van der Waals surface area contributed by atoms with Crippen LogP contribution < -0.4 is 5.73 Å². The van der Waals surface area contributed by atoms with E-state index >= 15 is 0 Å². The zero-order valence-electron chi connectivity index (χ0n) is 6.52. The van der Waals surface area contributed by atoms with E-state index in [1.165, 1.54) is 18.2 Å². The molecule has 2 rings (SSSR count). The second kappa shape index (κ2) is 2.30. The molecule has 1 aromatic rings. The highest BCUT2D eigenvalue weighted by molar-refractivity contribution is 6.20. The van der Waals surface area contributed by atoms with Crippen molar-refractivity contribution < 1.29 is 14.8 Å². The number of amides is 2. The van der Waals surface area contributed by atoms with Gasteiger partial charge in [0.05, 0.1) is 11.1 Å². The standard InChI is InChI=1S/C8H6N2O3/c9-4-1-2-5-6(3-4)8(12)10(13)7(5)11/h1-3,13H,9H2. The maximum absolute atomic E-state index is 11.2. The van der Waals surface area contributed by atoms with E-state index in [0.717, 1.165) is 0 Å². The summed E-state index contributed by atoms with van der Waals surface area (Å²) in [5, 5.41) is 9.06. The first-order chi connectivity index (χ1) is 6.11. The number of nitrogens with zero attached hydrogens (tertiary/aromatic N) is 1. The number of carbonyl (C=O) groups excluding carboxylic acids is 2. The third-order valence-electron chi connectivity index (χ3n) is 1.89. The van der Waals surface area contributed by atoms with Crippen LogP contribution in [0.5, 0.6) is 0 Å². The van der Waals surface area contributed by atoms with E-state index in [9.17, 15) is 9.59 Å². The van der Waals surface area contributed by atoms with Gasteiger partial charge in [-0.05, 0) is 18.2 Å². The molecule has 0 spiro atoms. The average Bonchev–Trinajstić information content (AvgIpc) is 2.32. The minimum Gasteiger partial charge on any atom is -0.399 e. The van der Waals surface area contributed by atoms with E-state index in [-0.39, 0.29) is 16.2 Å². The van der Waals surface area contributed by atoms with Crippen LogP contribution in [-0.2, 0) is 0 Å². The van der Waals surface area contributed by atoms with Gasteiger partial charge in [0.15, 0.2) is 0 Å². The van der Waals surface area contributed by atoms with Crippen molar-refractivity contribution in [1.29, 1.82) is 0 Å². The first-order valence-corrected chi connectivity index (χ1v) is 3.58. The third-order valence-corrected chi connectivity index (χ3v) is 1.89. The van der Waals surface area contributed by atoms with E-state index in [2.05, 4.69) is 0 Å². The van der Waals surface area contributed by atoms with E-state index in [1.54, 1.807) is 0 Å². The Bertz CT molecular complexity index is 414. The van der Waals surface area contributed by atoms with Gasteiger partial charge in [-0.2, -0.15) is 0 Å². The van der Waals surface area contributed by atoms with E-state index in [4.69, 9.17) is 10.9 Å². The highest BCUT2D eigenvalue weighted by Crippen LogP contribution is 2.22. The van der Waals surface area contributed by atoms with Gasteiger partial charge in [-0.25, -0.2) is 0 Å². The number of nitrogen functional groups attached to an aromatic ring is 1. The number of carbonyl (C=O) groups is 2. The summed E-state index contributed by atoms with van der Waals surface area (Å²) in [4.78, 5) is 22.3. The molecular formula is C8H6N2O3. The SMILES string of the molecule is Nc1ccc2c(c1)C(=O)N(O)C2=O. The zero-order chi connectivity index (χ0) is 9.59. The number of hydrogen-bond donors (Lipinski definition) is 2. The molecule has 0 saturated heterocycles. The fourth-order valence-corrected chi connectivity index (χ4v) is 1.25. The van der Waals surface area contributed by atoms with Gasteiger partial charge in [-0.1, -0.05) is 0 Å². The Labute approximate surface area is 73.3 Å². The number of benzene rings is 1. The van der Waals surface area contributed by atoms with Gasteiger partial charge in [-0.3, -0.25) is 14.8 Å². The molecule has 13 heavy (non-hydrogen) atoms. The molecule has 0 radical (unpaired) electrons. The van der Waals surface area contributed by atoms with E-state index < -0.39 is 11.8 Å². The Hall–Kier alpha value is -1.88. The molecule has 0 fully saturated rings. The van der Waals surface area contributed by atoms with Crippen LogP contribution in [0.25, 0.3) is 0 Å². The fraction of sp³-hybridized carbons (Fsp3) is 0. The van der Waals surface area contributed by atoms with E-state index in [0.29, 0.717) is 5.69 Å². The Morgan fingerprint density at radius 3 is 2.46 bits per heavy atom. The number of anilines is 1. The number of hydrogen-bond acceptors (Lipinski definition) is 4. The fourth-order valence-electron chi connectivity index (χ4n) is 1.25. The maximum Gasteiger partial charge on any atom is 0.285 e. The Kier molecular flexibility index (Phi) is 1.37. The number of fused-ring (bicyclic) bond motifs is 1. The van der Waals surface area contributed by atoms with Crippen molar-refractivity contribution in [1.82, 2.24) is 5.06 Å². The topological polar surface area (TPSA) is 83.6 Å². The van der Waals surface area contributed by atoms with Crippen LogP contribution in [-0.4, -0.2) is 22.1 Å². The summed E-state index contributed by atoms with van der Waals surface area (Å²) < 4.78 is 0. The molecule has 1 aromatic carbocycles. The van der Waals surface area contributed by atoms with Crippen LogP contribution in [0, 0.1) is 0 Å². The van der Waals surface area contributed by atoms with E-state index in [1.807, 2.05) is 0 Å². The van der Waals surface area contributed by atoms with Gasteiger partial charge < -0.3 is 5.73 Å². The van der Waals surface area contributed by atoms with Crippen LogP contribution >= 0.6 is 0 Å². The molecule has 1 aliphatic rings. The molecule has 0 atom stereocenters. The molecule has 5 nitrogen and oxygen atoms in total. The van der Waals surface area contributed by atoms with Gasteiger partial charge in [-0.15, -0.1) is 5.06 Å². The van der Waals surface area contributed by atoms with Crippen molar-refractivity contribution in [2.75, 3.05) is 5.73 Å². The molecular weight excluding hydrogens is 172 g/mol. The monoisotopic (exact) mass is 178 g/mol. The average molecular weight is 178 g/mol. The minimum atomic E-state index is -0.729. The molecule has 0 aliphatic carbocycles. The molecule has 0 unspecified atom stereocenters. The van der Waals surface area contributed by atoms with Gasteiger partial charge in [0.2, 0.25) is 0 Å². The van der Waals surface area contributed by atoms with Gasteiger partial charge in [0.1, 0.15) is 0 Å². The quantitative estimate of drug-likeness (QED) is 0.339. The lowest BCUT2D eigenvalue weighted by Crippen LogP contribution is -2.25. The summed E-state index contributed by atoms with van der Waals surface area (Å²) in [6.07, 6.45) is 0. The number of hydroxylamine groups is 2. The van der Waals surface area contributed by atoms with Gasteiger partial charge in [0.25, 0.3) is 11.8 Å². The van der Waals surface area contributed by atoms with Crippen LogP contribution in [0.4, 0.5) is 5.69 Å². The zero-order valence-corrected chi connectivity index (χ0v) is 6.52. The second-order valence-corrected chi connectivity index (χ2v) is 2.73. The van der Waals surface area contributed by atoms with Crippen molar-refractivity contribution in [2.45, 2.75) is 0 Å². The van der Waals surface area contributed by atoms with Crippen LogP contribution in [0.1, 0.15) is 20.7 Å². The van der Waals surface area contributed by atoms with Crippen molar-refractivity contribution >= 4 is 17.5 Å². The van der Waals surface area contributed by atoms with Crippen LogP contribution in [0.3, 0.4) is 0 Å². The summed E-state index contributed by atoms with van der Waals surface area (Å²) in [5.41, 5.74) is 6.13. The number of rotatable bonds is 0. The van der Waals surface area contributed by atoms with Crippen LogP contribution in [0.2, 0.25) is 0 Å². The Morgan fingerprint density at radius 2 is 1.77 bits per heavy atom. The van der Waals surface area contributed by atoms with Crippen LogP contribution in [0.15, 0.2) is 18.2 Å². The smallest absolute Gasteiger partial charge is 0.285 e. The molecule has 66 valence electrons. The number of nitrogens with two attached hydrogens (primary N) is 1. The lowest BCUT2D eigenvalue weighted by Gasteiger charge is -1.99. The lowest BCUT2D eigenvalue weighted by atomic mass is 10.1. The molecule has 3 N–H and O–H groups in total. The largest absolute Gasteiger partial charge is 0.399 e. The second-order valence-electron chi connectivity index (χ2n) is 2.73. The highest BCUT2D eigenvalue weighted by Gasteiger charge is 2.34. The summed E-state index contributed by atoms with van der Waals surface area (Å²) in [7, 11) is 0. The van der Waals surface area contributed by atoms with Gasteiger partial charge in [0, 0.05) is 5.69 Å². The van der Waals surface area contributed by atoms with Crippen molar-refractivity contribution in [3.8, 4) is 0 Å². The summed E-state index contributed by atoms with van der Waals surface area (Å²) in [6, 6.07) is 4.29. The van der Waals surface area contributed by atoms with Crippen molar-refractivity contribution in [3.05, 3.63) is 29.3 Å². The summed E-state index contributed by atoms with van der Waals surface area (Å²) in [5.74, 6) is -1.44. The predicted octanol–water partition coefficient (Wildman–Crippen LogP) is 0.254. The maximum atomic E-state index is 11.2. The molecule has 0 aromatic heterocycles. The summed E-state index contributed by atoms with van der Waals surface area (Å²) in [6.45, 7) is 0. The normalized spacial score (nSPS) is 15.0. The molecule has 0 saturated carbocycles.